The summed E-state index contributed by atoms with van der Waals surface area (Å²) in [5.41, 5.74) is 0. The maximum atomic E-state index is 13.1. The number of ether oxygens (including phenoxy) is 4. The smallest absolute Gasteiger partial charge is 0.462 e. The summed E-state index contributed by atoms with van der Waals surface area (Å²) in [6.45, 7) is 9.64. The molecule has 0 bridgehead atoms. The van der Waals surface area contributed by atoms with E-state index in [-0.39, 0.29) is 25.7 Å². The average molecular weight is 1440 g/mol. The van der Waals surface area contributed by atoms with Crippen LogP contribution in [0.4, 0.5) is 0 Å². The van der Waals surface area contributed by atoms with Gasteiger partial charge in [-0.1, -0.05) is 363 Å². The fourth-order valence-electron chi connectivity index (χ4n) is 12.2. The molecular formula is C79H154O17P2. The maximum absolute atomic E-state index is 13.1. The van der Waals surface area contributed by atoms with E-state index in [2.05, 4.69) is 41.5 Å². The molecule has 98 heavy (non-hydrogen) atoms. The van der Waals surface area contributed by atoms with Gasteiger partial charge < -0.3 is 33.8 Å². The molecule has 2 unspecified atom stereocenters. The zero-order chi connectivity index (χ0) is 72.1. The highest BCUT2D eigenvalue weighted by Crippen LogP contribution is 2.45. The molecule has 19 heteroatoms. The highest BCUT2D eigenvalue weighted by molar-refractivity contribution is 7.47. The van der Waals surface area contributed by atoms with Gasteiger partial charge in [0.05, 0.1) is 26.4 Å². The van der Waals surface area contributed by atoms with Crippen LogP contribution in [0.1, 0.15) is 414 Å². The maximum Gasteiger partial charge on any atom is 0.472 e. The molecule has 0 saturated carbocycles. The zero-order valence-electron chi connectivity index (χ0n) is 64.1. The molecule has 5 atom stereocenters. The fraction of sp³-hybridized carbons (Fsp3) is 0.949. The number of unbranched alkanes of at least 4 members (excludes halogenated alkanes) is 48. The van der Waals surface area contributed by atoms with Crippen molar-refractivity contribution in [2.45, 2.75) is 432 Å². The van der Waals surface area contributed by atoms with Crippen molar-refractivity contribution >= 4 is 39.5 Å². The molecule has 0 aliphatic heterocycles. The molecule has 0 fully saturated rings. The van der Waals surface area contributed by atoms with E-state index in [1.54, 1.807) is 0 Å². The lowest BCUT2D eigenvalue weighted by atomic mass is 10.0. The van der Waals surface area contributed by atoms with Crippen LogP contribution in [0.25, 0.3) is 0 Å². The van der Waals surface area contributed by atoms with Gasteiger partial charge >= 0.3 is 39.5 Å². The Labute approximate surface area is 600 Å². The van der Waals surface area contributed by atoms with E-state index in [0.717, 1.165) is 115 Å². The molecule has 0 aromatic carbocycles. The van der Waals surface area contributed by atoms with Crippen LogP contribution in [0.5, 0.6) is 0 Å². The number of phosphoric ester groups is 2. The molecule has 0 spiro atoms. The summed E-state index contributed by atoms with van der Waals surface area (Å²) in [7, 11) is -9.91. The van der Waals surface area contributed by atoms with Crippen molar-refractivity contribution in [1.29, 1.82) is 0 Å². The van der Waals surface area contributed by atoms with Crippen LogP contribution < -0.4 is 0 Å². The van der Waals surface area contributed by atoms with Gasteiger partial charge in [0.15, 0.2) is 12.2 Å². The molecule has 0 aliphatic carbocycles. The summed E-state index contributed by atoms with van der Waals surface area (Å²) >= 11 is 0. The van der Waals surface area contributed by atoms with Crippen molar-refractivity contribution in [2.75, 3.05) is 39.6 Å². The van der Waals surface area contributed by atoms with Gasteiger partial charge in [-0.05, 0) is 37.5 Å². The largest absolute Gasteiger partial charge is 0.472 e. The molecule has 582 valence electrons. The van der Waals surface area contributed by atoms with Crippen molar-refractivity contribution < 1.29 is 80.2 Å². The monoisotopic (exact) mass is 1440 g/mol. The number of aliphatic hydroxyl groups is 1. The van der Waals surface area contributed by atoms with E-state index in [1.807, 2.05) is 0 Å². The van der Waals surface area contributed by atoms with Crippen LogP contribution in [0.15, 0.2) is 0 Å². The molecule has 0 heterocycles. The molecule has 0 saturated heterocycles. The molecule has 0 aromatic heterocycles. The standard InChI is InChI=1S/C79H154O17P2/c1-7-9-11-13-15-16-17-18-21-29-34-39-45-51-57-63-78(83)95-74(67-89-76(81)61-55-49-41-14-12-10-8-2)69-93-97(85,86)91-65-73(80)66-92-98(87,88)94-70-75(68-90-77(82)62-56-50-44-38-33-28-25-24-27-32-37-43-48-54-60-72(5)6)96-79(84)64-58-52-46-40-35-30-23-20-19-22-26-31-36-42-47-53-59-71(3)4/h71-75,80H,7-70H2,1-6H3,(H,85,86)(H,87,88)/t73-,74+,75+/m0/s1. The third-order valence-corrected chi connectivity index (χ3v) is 20.4. The first-order valence-electron chi connectivity index (χ1n) is 41.0. The normalized spacial score (nSPS) is 13.9. The van der Waals surface area contributed by atoms with E-state index in [1.165, 1.54) is 218 Å². The SMILES string of the molecule is CCCCCCCCCCCCCCCCCC(=O)O[C@H](COC(=O)CCCCCCCCC)COP(=O)(O)OC[C@H](O)COP(=O)(O)OC[C@@H](COC(=O)CCCCCCCCCCCCCCCCC(C)C)OC(=O)CCCCCCCCCCCCCCCCCCC(C)C. The number of phosphoric acid groups is 2. The lowest BCUT2D eigenvalue weighted by Crippen LogP contribution is -2.30. The number of carbonyl (C=O) groups is 4. The van der Waals surface area contributed by atoms with Crippen molar-refractivity contribution in [3.8, 4) is 0 Å². The van der Waals surface area contributed by atoms with Gasteiger partial charge in [0.2, 0.25) is 0 Å². The first-order valence-corrected chi connectivity index (χ1v) is 44.0. The Morgan fingerprint density at radius 3 is 0.694 bits per heavy atom. The van der Waals surface area contributed by atoms with E-state index in [9.17, 15) is 43.2 Å². The molecule has 0 amide bonds. The fourth-order valence-corrected chi connectivity index (χ4v) is 13.8. The van der Waals surface area contributed by atoms with Crippen LogP contribution in [-0.4, -0.2) is 96.7 Å². The van der Waals surface area contributed by atoms with Crippen LogP contribution in [0.3, 0.4) is 0 Å². The molecule has 0 aliphatic rings. The highest BCUT2D eigenvalue weighted by atomic mass is 31.2. The highest BCUT2D eigenvalue weighted by Gasteiger charge is 2.30. The Kier molecular flexibility index (Phi) is 69.3. The molecule has 3 N–H and O–H groups in total. The summed E-state index contributed by atoms with van der Waals surface area (Å²) in [6.07, 6.45) is 59.7. The van der Waals surface area contributed by atoms with Crippen LogP contribution in [0, 0.1) is 11.8 Å². The number of carbonyl (C=O) groups excluding carboxylic acids is 4. The second-order valence-corrected chi connectivity index (χ2v) is 32.3. The zero-order valence-corrected chi connectivity index (χ0v) is 65.9. The Hall–Kier alpha value is -1.94. The molecule has 17 nitrogen and oxygen atoms in total. The average Bonchev–Trinajstić information content (AvgIpc) is 0.963. The van der Waals surface area contributed by atoms with Gasteiger partial charge in [-0.3, -0.25) is 37.3 Å². The third-order valence-electron chi connectivity index (χ3n) is 18.5. The van der Waals surface area contributed by atoms with Crippen molar-refractivity contribution in [2.24, 2.45) is 11.8 Å². The van der Waals surface area contributed by atoms with Gasteiger partial charge in [-0.25, -0.2) is 9.13 Å². The van der Waals surface area contributed by atoms with Gasteiger partial charge in [0.25, 0.3) is 0 Å². The Balaban J connectivity index is 5.19. The molecular weight excluding hydrogens is 1280 g/mol. The summed E-state index contributed by atoms with van der Waals surface area (Å²) in [5.74, 6) is -0.506. The molecule has 0 radical (unpaired) electrons. The predicted molar refractivity (Wildman–Crippen MR) is 400 cm³/mol. The quantitative estimate of drug-likeness (QED) is 0.0222. The van der Waals surface area contributed by atoms with E-state index in [4.69, 9.17) is 37.0 Å². The predicted octanol–water partition coefficient (Wildman–Crippen LogP) is 23.5. The Morgan fingerprint density at radius 1 is 0.276 bits per heavy atom. The molecule has 0 aromatic rings. The Bertz CT molecular complexity index is 1890. The number of hydrogen-bond donors (Lipinski definition) is 3. The summed E-state index contributed by atoms with van der Waals surface area (Å²) in [6, 6.07) is 0. The van der Waals surface area contributed by atoms with Crippen molar-refractivity contribution in [3.05, 3.63) is 0 Å². The minimum Gasteiger partial charge on any atom is -0.462 e. The Morgan fingerprint density at radius 2 is 0.469 bits per heavy atom. The number of hydrogen-bond acceptors (Lipinski definition) is 15. The minimum absolute atomic E-state index is 0.108. The van der Waals surface area contributed by atoms with E-state index in [0.29, 0.717) is 25.7 Å². The van der Waals surface area contributed by atoms with Gasteiger partial charge in [-0.2, -0.15) is 0 Å². The lowest BCUT2D eigenvalue weighted by Gasteiger charge is -2.21. The summed E-state index contributed by atoms with van der Waals surface area (Å²) in [4.78, 5) is 72.8. The third kappa shape index (κ3) is 72.4. The van der Waals surface area contributed by atoms with Crippen molar-refractivity contribution in [3.63, 3.8) is 0 Å². The first kappa shape index (κ1) is 96.1. The number of esters is 4. The minimum atomic E-state index is -4.96. The van der Waals surface area contributed by atoms with Crippen molar-refractivity contribution in [1.82, 2.24) is 0 Å². The van der Waals surface area contributed by atoms with Gasteiger partial charge in [0.1, 0.15) is 19.3 Å². The van der Waals surface area contributed by atoms with Crippen LogP contribution >= 0.6 is 15.6 Å². The lowest BCUT2D eigenvalue weighted by molar-refractivity contribution is -0.161. The van der Waals surface area contributed by atoms with E-state index < -0.39 is 97.5 Å². The second kappa shape index (κ2) is 70.7. The van der Waals surface area contributed by atoms with E-state index >= 15 is 0 Å². The number of aliphatic hydroxyl groups excluding tert-OH is 1. The molecule has 0 rings (SSSR count). The number of rotatable bonds is 78. The first-order chi connectivity index (χ1) is 47.4. The van der Waals surface area contributed by atoms with Crippen LogP contribution in [0.2, 0.25) is 0 Å². The summed E-state index contributed by atoms with van der Waals surface area (Å²) in [5, 5.41) is 10.6. The second-order valence-electron chi connectivity index (χ2n) is 29.4. The topological polar surface area (TPSA) is 237 Å². The van der Waals surface area contributed by atoms with Gasteiger partial charge in [-0.15, -0.1) is 0 Å². The summed E-state index contributed by atoms with van der Waals surface area (Å²) < 4.78 is 68.5. The van der Waals surface area contributed by atoms with Crippen LogP contribution in [-0.2, 0) is 65.4 Å². The van der Waals surface area contributed by atoms with Gasteiger partial charge in [0, 0.05) is 25.7 Å².